The van der Waals surface area contributed by atoms with Gasteiger partial charge in [0.2, 0.25) is 0 Å². The molecule has 12 aromatic rings. The second-order valence-corrected chi connectivity index (χ2v) is 14.4. The Bertz CT molecular complexity index is 3410. The molecule has 0 saturated carbocycles. The lowest BCUT2D eigenvalue weighted by Crippen LogP contribution is -2.00. The molecule has 0 atom stereocenters. The van der Waals surface area contributed by atoms with Crippen molar-refractivity contribution in [2.75, 3.05) is 0 Å². The van der Waals surface area contributed by atoms with E-state index in [1.165, 1.54) is 10.8 Å². The van der Waals surface area contributed by atoms with E-state index in [9.17, 15) is 0 Å². The molecule has 6 nitrogen and oxygen atoms in total. The minimum absolute atomic E-state index is 0.606. The highest BCUT2D eigenvalue weighted by Gasteiger charge is 2.20. The molecule has 0 aliphatic heterocycles. The first-order valence-electron chi connectivity index (χ1n) is 19.0. The van der Waals surface area contributed by atoms with E-state index >= 15 is 0 Å². The first kappa shape index (κ1) is 31.5. The molecule has 0 saturated heterocycles. The maximum Gasteiger partial charge on any atom is 0.164 e. The third kappa shape index (κ3) is 4.94. The number of para-hydroxylation sites is 3. The van der Waals surface area contributed by atoms with Crippen LogP contribution in [0, 0.1) is 0 Å². The van der Waals surface area contributed by atoms with Gasteiger partial charge in [-0.25, -0.2) is 15.0 Å². The largest absolute Gasteiger partial charge is 0.456 e. The maximum atomic E-state index is 6.77. The molecule has 0 amide bonds. The van der Waals surface area contributed by atoms with Crippen LogP contribution in [0.3, 0.4) is 0 Å². The topological polar surface area (TPSA) is 69.9 Å². The van der Waals surface area contributed by atoms with Gasteiger partial charge in [-0.2, -0.15) is 0 Å². The van der Waals surface area contributed by atoms with Crippen molar-refractivity contribution in [3.05, 3.63) is 182 Å². The number of fused-ring (bicyclic) bond motifs is 9. The molecule has 4 heterocycles. The van der Waals surface area contributed by atoms with Crippen molar-refractivity contribution >= 4 is 65.7 Å². The Kier molecular flexibility index (Phi) is 6.83. The summed E-state index contributed by atoms with van der Waals surface area (Å²) in [6.45, 7) is 0. The van der Waals surface area contributed by atoms with Crippen molar-refractivity contribution < 1.29 is 8.83 Å². The molecule has 0 radical (unpaired) electrons. The summed E-state index contributed by atoms with van der Waals surface area (Å²) in [5.74, 6) is 1.86. The van der Waals surface area contributed by atoms with Crippen LogP contribution in [0.15, 0.2) is 191 Å². The highest BCUT2D eigenvalue weighted by atomic mass is 16.3. The molecular formula is C51H30N4O2. The molecule has 4 aromatic heterocycles. The minimum Gasteiger partial charge on any atom is -0.456 e. The number of hydrogen-bond donors (Lipinski definition) is 0. The predicted molar refractivity (Wildman–Crippen MR) is 230 cm³/mol. The van der Waals surface area contributed by atoms with Crippen LogP contribution in [0.1, 0.15) is 0 Å². The van der Waals surface area contributed by atoms with Gasteiger partial charge in [-0.1, -0.05) is 127 Å². The van der Waals surface area contributed by atoms with E-state index < -0.39 is 0 Å². The van der Waals surface area contributed by atoms with E-state index in [4.69, 9.17) is 23.8 Å². The summed E-state index contributed by atoms with van der Waals surface area (Å²) in [5, 5.41) is 6.60. The molecule has 8 aromatic carbocycles. The van der Waals surface area contributed by atoms with E-state index in [2.05, 4.69) is 114 Å². The van der Waals surface area contributed by atoms with Crippen LogP contribution in [0.5, 0.6) is 0 Å². The van der Waals surface area contributed by atoms with Crippen molar-refractivity contribution in [2.24, 2.45) is 0 Å². The summed E-state index contributed by atoms with van der Waals surface area (Å²) in [6.07, 6.45) is 0. The molecule has 0 aliphatic rings. The number of aromatic nitrogens is 4. The fraction of sp³-hybridized carbons (Fsp3) is 0. The summed E-state index contributed by atoms with van der Waals surface area (Å²) in [7, 11) is 0. The van der Waals surface area contributed by atoms with Gasteiger partial charge < -0.3 is 13.4 Å². The van der Waals surface area contributed by atoms with Crippen LogP contribution >= 0.6 is 0 Å². The Morgan fingerprint density at radius 1 is 0.351 bits per heavy atom. The molecule has 0 aliphatic carbocycles. The summed E-state index contributed by atoms with van der Waals surface area (Å²) in [6, 6.07) is 62.6. The van der Waals surface area contributed by atoms with Gasteiger partial charge in [-0.05, 0) is 65.7 Å². The smallest absolute Gasteiger partial charge is 0.164 e. The zero-order chi connectivity index (χ0) is 37.5. The zero-order valence-corrected chi connectivity index (χ0v) is 30.4. The first-order chi connectivity index (χ1) is 28.2. The second-order valence-electron chi connectivity index (χ2n) is 14.4. The lowest BCUT2D eigenvalue weighted by Gasteiger charge is -2.08. The molecule has 12 rings (SSSR count). The van der Waals surface area contributed by atoms with Gasteiger partial charge in [0, 0.05) is 49.0 Å². The van der Waals surface area contributed by atoms with E-state index in [1.807, 2.05) is 72.8 Å². The summed E-state index contributed by atoms with van der Waals surface area (Å²) in [5.41, 5.74) is 11.5. The average molecular weight is 731 g/mol. The standard InChI is InChI=1S/C51H30N4O2/c1-3-13-31(14-4-1)49-52-50(32-15-5-2-6-16-32)54-51(53-49)34-26-28-44-40(29-34)38-27-25-33(30-46(38)56-44)35-19-12-24-45-47(35)39-20-11-23-43(48(39)57-45)55-41-21-9-7-17-36(41)37-18-8-10-22-42(37)55/h1-30H. The summed E-state index contributed by atoms with van der Waals surface area (Å²) in [4.78, 5) is 14.8. The fourth-order valence-corrected chi connectivity index (χ4v) is 8.45. The van der Waals surface area contributed by atoms with Gasteiger partial charge in [0.15, 0.2) is 23.1 Å². The lowest BCUT2D eigenvalue weighted by molar-refractivity contribution is 0.666. The van der Waals surface area contributed by atoms with Gasteiger partial charge in [0.1, 0.15) is 16.7 Å². The Labute approximate surface area is 325 Å². The highest BCUT2D eigenvalue weighted by Crippen LogP contribution is 2.42. The Hall–Kier alpha value is -7.83. The monoisotopic (exact) mass is 730 g/mol. The molecule has 0 bridgehead atoms. The van der Waals surface area contributed by atoms with Crippen LogP contribution < -0.4 is 0 Å². The van der Waals surface area contributed by atoms with Gasteiger partial charge in [0.25, 0.3) is 0 Å². The molecule has 0 fully saturated rings. The molecular weight excluding hydrogens is 701 g/mol. The molecule has 0 N–H and O–H groups in total. The van der Waals surface area contributed by atoms with Crippen LogP contribution in [0.4, 0.5) is 0 Å². The predicted octanol–water partition coefficient (Wildman–Crippen LogP) is 13.4. The molecule has 6 heteroatoms. The van der Waals surface area contributed by atoms with Crippen LogP contribution in [-0.4, -0.2) is 19.5 Å². The van der Waals surface area contributed by atoms with Gasteiger partial charge in [0.05, 0.1) is 16.7 Å². The number of nitrogens with zero attached hydrogens (tertiary/aromatic N) is 4. The Morgan fingerprint density at radius 2 is 0.947 bits per heavy atom. The van der Waals surface area contributed by atoms with Crippen LogP contribution in [-0.2, 0) is 0 Å². The lowest BCUT2D eigenvalue weighted by atomic mass is 9.98. The third-order valence-electron chi connectivity index (χ3n) is 11.1. The second kappa shape index (κ2) is 12.3. The number of hydrogen-bond acceptors (Lipinski definition) is 5. The molecule has 57 heavy (non-hydrogen) atoms. The number of benzene rings is 8. The van der Waals surface area contributed by atoms with E-state index in [0.717, 1.165) is 88.4 Å². The van der Waals surface area contributed by atoms with Gasteiger partial charge in [-0.15, -0.1) is 0 Å². The molecule has 0 spiro atoms. The van der Waals surface area contributed by atoms with Crippen molar-refractivity contribution in [1.82, 2.24) is 19.5 Å². The van der Waals surface area contributed by atoms with E-state index in [-0.39, 0.29) is 0 Å². The average Bonchev–Trinajstić information content (AvgIpc) is 3.96. The van der Waals surface area contributed by atoms with Gasteiger partial charge in [-0.3, -0.25) is 0 Å². The van der Waals surface area contributed by atoms with Crippen molar-refractivity contribution in [3.8, 4) is 51.0 Å². The highest BCUT2D eigenvalue weighted by molar-refractivity contribution is 6.17. The fourth-order valence-electron chi connectivity index (χ4n) is 8.45. The SMILES string of the molecule is c1ccc(-c2nc(-c3ccccc3)nc(-c3ccc4oc5cc(-c6cccc7oc8c(-n9c%10ccccc%10c%10ccccc%109)cccc8c67)ccc5c4c3)n2)cc1. The Morgan fingerprint density at radius 3 is 1.65 bits per heavy atom. The molecule has 0 unspecified atom stereocenters. The van der Waals surface area contributed by atoms with Crippen molar-refractivity contribution in [2.45, 2.75) is 0 Å². The quantitative estimate of drug-likeness (QED) is 0.176. The van der Waals surface area contributed by atoms with Crippen molar-refractivity contribution in [1.29, 1.82) is 0 Å². The van der Waals surface area contributed by atoms with Crippen molar-refractivity contribution in [3.63, 3.8) is 0 Å². The normalized spacial score (nSPS) is 11.9. The number of rotatable bonds is 5. The zero-order valence-electron chi connectivity index (χ0n) is 30.4. The summed E-state index contributed by atoms with van der Waals surface area (Å²) >= 11 is 0. The minimum atomic E-state index is 0.606. The van der Waals surface area contributed by atoms with Gasteiger partial charge >= 0.3 is 0 Å². The maximum absolute atomic E-state index is 6.77. The first-order valence-corrected chi connectivity index (χ1v) is 19.0. The van der Waals surface area contributed by atoms with E-state index in [0.29, 0.717) is 17.5 Å². The number of furan rings is 2. The molecule has 266 valence electrons. The van der Waals surface area contributed by atoms with Crippen LogP contribution in [0.25, 0.3) is 117 Å². The third-order valence-corrected chi connectivity index (χ3v) is 11.1. The van der Waals surface area contributed by atoms with E-state index in [1.54, 1.807) is 0 Å². The Balaban J connectivity index is 0.989. The van der Waals surface area contributed by atoms with Crippen LogP contribution in [0.2, 0.25) is 0 Å². The summed E-state index contributed by atoms with van der Waals surface area (Å²) < 4.78 is 15.6.